The van der Waals surface area contributed by atoms with Crippen molar-refractivity contribution in [2.75, 3.05) is 5.75 Å². The number of aliphatic hydroxyl groups excluding tert-OH is 1. The summed E-state index contributed by atoms with van der Waals surface area (Å²) in [6, 6.07) is -1.08. The Morgan fingerprint density at radius 2 is 0.796 bits per heavy atom. The highest BCUT2D eigenvalue weighted by atomic mass is 32.2. The van der Waals surface area contributed by atoms with E-state index < -0.39 is 28.0 Å². The number of unbranched alkanes of at least 4 members (excludes halogenated alkanes) is 27. The fourth-order valence-electron chi connectivity index (χ4n) is 6.77. The standard InChI is InChI=1S/C47H87NO5S/c1-3-5-7-9-11-13-15-17-19-21-22-23-24-25-26-27-29-31-33-35-37-39-41-43-47(50)48-45(44-54(51,52)53)46(49)42-40-38-36-34-32-30-28-20-18-16-14-12-10-8-6-4-2/h18,20-22,32,34,40,42,45-46,49H,3-17,19,23-31,33,35-39,41,43-44H2,1-2H3,(H,48,50)(H,51,52,53)/b20-18+,22-21-,34-32+,42-40+. The first-order chi connectivity index (χ1) is 26.3. The quantitative estimate of drug-likeness (QED) is 0.0326. The van der Waals surface area contributed by atoms with Gasteiger partial charge in [0, 0.05) is 6.42 Å². The van der Waals surface area contributed by atoms with E-state index in [0.29, 0.717) is 6.42 Å². The predicted molar refractivity (Wildman–Crippen MR) is 235 cm³/mol. The second-order valence-electron chi connectivity index (χ2n) is 15.7. The van der Waals surface area contributed by atoms with Crippen molar-refractivity contribution in [1.82, 2.24) is 5.32 Å². The monoisotopic (exact) mass is 778 g/mol. The van der Waals surface area contributed by atoms with Crippen LogP contribution in [-0.4, -0.2) is 41.9 Å². The Hall–Kier alpha value is -1.70. The van der Waals surface area contributed by atoms with Gasteiger partial charge in [-0.15, -0.1) is 0 Å². The van der Waals surface area contributed by atoms with Crippen LogP contribution in [0.25, 0.3) is 0 Å². The zero-order valence-electron chi connectivity index (χ0n) is 35.3. The molecule has 0 aliphatic carbocycles. The maximum absolute atomic E-state index is 12.5. The summed E-state index contributed by atoms with van der Waals surface area (Å²) in [7, 11) is -4.36. The van der Waals surface area contributed by atoms with Gasteiger partial charge in [-0.25, -0.2) is 0 Å². The smallest absolute Gasteiger partial charge is 0.267 e. The third-order valence-electron chi connectivity index (χ3n) is 10.2. The van der Waals surface area contributed by atoms with Gasteiger partial charge >= 0.3 is 0 Å². The van der Waals surface area contributed by atoms with Gasteiger partial charge in [0.05, 0.1) is 17.9 Å². The lowest BCUT2D eigenvalue weighted by Crippen LogP contribution is -2.46. The topological polar surface area (TPSA) is 104 Å². The molecule has 0 spiro atoms. The Morgan fingerprint density at radius 1 is 0.481 bits per heavy atom. The van der Waals surface area contributed by atoms with Gasteiger partial charge in [0.1, 0.15) is 0 Å². The van der Waals surface area contributed by atoms with Gasteiger partial charge in [-0.1, -0.05) is 197 Å². The Bertz CT molecular complexity index is 1030. The molecule has 0 saturated carbocycles. The maximum atomic E-state index is 12.5. The van der Waals surface area contributed by atoms with E-state index in [9.17, 15) is 22.9 Å². The lowest BCUT2D eigenvalue weighted by molar-refractivity contribution is -0.122. The molecule has 0 fully saturated rings. The van der Waals surface area contributed by atoms with E-state index in [2.05, 4.69) is 55.6 Å². The summed E-state index contributed by atoms with van der Waals surface area (Å²) < 4.78 is 32.5. The highest BCUT2D eigenvalue weighted by Crippen LogP contribution is 2.14. The van der Waals surface area contributed by atoms with E-state index in [4.69, 9.17) is 0 Å². The van der Waals surface area contributed by atoms with Crippen molar-refractivity contribution in [3.05, 3.63) is 48.6 Å². The Balaban J connectivity index is 3.88. The van der Waals surface area contributed by atoms with Crippen LogP contribution in [0.5, 0.6) is 0 Å². The summed E-state index contributed by atoms with van der Waals surface area (Å²) in [5.41, 5.74) is 0. The van der Waals surface area contributed by atoms with Crippen molar-refractivity contribution < 1.29 is 22.9 Å². The molecule has 0 rings (SSSR count). The van der Waals surface area contributed by atoms with Crippen LogP contribution >= 0.6 is 0 Å². The molecular formula is C47H87NO5S. The predicted octanol–water partition coefficient (Wildman–Crippen LogP) is 13.9. The molecule has 54 heavy (non-hydrogen) atoms. The van der Waals surface area contributed by atoms with Crippen molar-refractivity contribution in [3.63, 3.8) is 0 Å². The lowest BCUT2D eigenvalue weighted by atomic mass is 10.0. The molecule has 0 aromatic rings. The van der Waals surface area contributed by atoms with Crippen LogP contribution < -0.4 is 5.32 Å². The van der Waals surface area contributed by atoms with Crippen molar-refractivity contribution in [2.45, 2.75) is 238 Å². The molecule has 0 aromatic carbocycles. The van der Waals surface area contributed by atoms with Gasteiger partial charge in [-0.05, 0) is 70.6 Å². The summed E-state index contributed by atoms with van der Waals surface area (Å²) in [6.07, 6.45) is 55.4. The molecule has 0 aromatic heterocycles. The largest absolute Gasteiger partial charge is 0.387 e. The molecule has 3 N–H and O–H groups in total. The van der Waals surface area contributed by atoms with Gasteiger partial charge < -0.3 is 10.4 Å². The van der Waals surface area contributed by atoms with Gasteiger partial charge in [0.15, 0.2) is 0 Å². The number of hydrogen-bond acceptors (Lipinski definition) is 4. The van der Waals surface area contributed by atoms with Crippen LogP contribution in [0, 0.1) is 0 Å². The second-order valence-corrected chi connectivity index (χ2v) is 17.2. The molecule has 0 heterocycles. The zero-order valence-corrected chi connectivity index (χ0v) is 36.2. The maximum Gasteiger partial charge on any atom is 0.267 e. The van der Waals surface area contributed by atoms with Crippen molar-refractivity contribution in [3.8, 4) is 0 Å². The number of rotatable bonds is 41. The highest BCUT2D eigenvalue weighted by molar-refractivity contribution is 7.85. The summed E-state index contributed by atoms with van der Waals surface area (Å²) in [5.74, 6) is -1.01. The zero-order chi connectivity index (χ0) is 39.6. The first kappa shape index (κ1) is 52.3. The molecule has 2 unspecified atom stereocenters. The fourth-order valence-corrected chi connectivity index (χ4v) is 7.50. The van der Waals surface area contributed by atoms with Crippen LogP contribution in [0.4, 0.5) is 0 Å². The third kappa shape index (κ3) is 41.5. The molecule has 0 saturated heterocycles. The number of hydrogen-bond donors (Lipinski definition) is 3. The molecule has 2 atom stereocenters. The lowest BCUT2D eigenvalue weighted by Gasteiger charge is -2.21. The van der Waals surface area contributed by atoms with E-state index in [0.717, 1.165) is 38.5 Å². The molecule has 0 aliphatic rings. The number of carbonyl (C=O) groups is 1. The number of carbonyl (C=O) groups excluding carboxylic acids is 1. The Labute approximate surface area is 335 Å². The number of aliphatic hydroxyl groups is 1. The van der Waals surface area contributed by atoms with Crippen molar-refractivity contribution in [2.24, 2.45) is 0 Å². The normalized spacial score (nSPS) is 13.6. The summed E-state index contributed by atoms with van der Waals surface area (Å²) in [4.78, 5) is 12.5. The molecule has 1 amide bonds. The average Bonchev–Trinajstić information content (AvgIpc) is 3.14. The van der Waals surface area contributed by atoms with Crippen LogP contribution in [0.3, 0.4) is 0 Å². The number of nitrogens with one attached hydrogen (secondary N) is 1. The van der Waals surface area contributed by atoms with Crippen LogP contribution in [-0.2, 0) is 14.9 Å². The van der Waals surface area contributed by atoms with E-state index in [1.54, 1.807) is 6.08 Å². The third-order valence-corrected chi connectivity index (χ3v) is 11.0. The van der Waals surface area contributed by atoms with E-state index in [1.807, 2.05) is 0 Å². The first-order valence-electron chi connectivity index (χ1n) is 22.8. The van der Waals surface area contributed by atoms with Crippen LogP contribution in [0.15, 0.2) is 48.6 Å². The van der Waals surface area contributed by atoms with Crippen LogP contribution in [0.1, 0.15) is 226 Å². The van der Waals surface area contributed by atoms with Gasteiger partial charge in [-0.3, -0.25) is 9.35 Å². The summed E-state index contributed by atoms with van der Waals surface area (Å²) in [5, 5.41) is 13.2. The summed E-state index contributed by atoms with van der Waals surface area (Å²) >= 11 is 0. The Morgan fingerprint density at radius 3 is 1.17 bits per heavy atom. The molecule has 0 aliphatic heterocycles. The van der Waals surface area contributed by atoms with E-state index in [1.165, 1.54) is 167 Å². The second kappa shape index (κ2) is 40.9. The minimum atomic E-state index is -4.36. The van der Waals surface area contributed by atoms with Gasteiger partial charge in [0.2, 0.25) is 5.91 Å². The average molecular weight is 778 g/mol. The fraction of sp³-hybridized carbons (Fsp3) is 0.809. The van der Waals surface area contributed by atoms with Crippen LogP contribution in [0.2, 0.25) is 0 Å². The van der Waals surface area contributed by atoms with Crippen molar-refractivity contribution >= 4 is 16.0 Å². The molecule has 316 valence electrons. The van der Waals surface area contributed by atoms with Gasteiger partial charge in [0.25, 0.3) is 10.1 Å². The minimum Gasteiger partial charge on any atom is -0.387 e. The van der Waals surface area contributed by atoms with E-state index in [-0.39, 0.29) is 12.3 Å². The molecule has 0 radical (unpaired) electrons. The highest BCUT2D eigenvalue weighted by Gasteiger charge is 2.24. The Kier molecular flexibility index (Phi) is 39.7. The molecule has 6 nitrogen and oxygen atoms in total. The van der Waals surface area contributed by atoms with Gasteiger partial charge in [-0.2, -0.15) is 8.42 Å². The van der Waals surface area contributed by atoms with E-state index >= 15 is 0 Å². The SMILES string of the molecule is CCCCCCCC/C=C/CC/C=C/CC/C=C/C(O)C(CS(=O)(=O)O)NC(=O)CCCCCCCCCCCCC/C=C\CCCCCCCCCC. The first-order valence-corrected chi connectivity index (χ1v) is 24.4. The molecular weight excluding hydrogens is 691 g/mol. The number of amides is 1. The van der Waals surface area contributed by atoms with Crippen molar-refractivity contribution in [1.29, 1.82) is 0 Å². The molecule has 7 heteroatoms. The summed E-state index contributed by atoms with van der Waals surface area (Å²) in [6.45, 7) is 4.52. The number of allylic oxidation sites excluding steroid dienone is 7. The minimum absolute atomic E-state index is 0.284. The molecule has 0 bridgehead atoms.